The van der Waals surface area contributed by atoms with E-state index in [-0.39, 0.29) is 18.8 Å². The van der Waals surface area contributed by atoms with Gasteiger partial charge in [-0.25, -0.2) is 9.79 Å². The number of carbonyl (C=O) groups is 1. The van der Waals surface area contributed by atoms with Gasteiger partial charge in [-0.2, -0.15) is 0 Å². The first-order valence-electron chi connectivity index (χ1n) is 11.1. The molecule has 1 aromatic heterocycles. The highest BCUT2D eigenvalue weighted by molar-refractivity contribution is 14.1. The molecule has 184 valence electrons. The minimum atomic E-state index is -0.650. The summed E-state index contributed by atoms with van der Waals surface area (Å²) in [6, 6.07) is 10.9. The number of aryl methyl sites for hydroxylation is 1. The lowest BCUT2D eigenvalue weighted by molar-refractivity contribution is -0.139. The summed E-state index contributed by atoms with van der Waals surface area (Å²) in [5.41, 5.74) is 3.23. The number of allylic oxidation sites excluding steroid dienone is 1. The van der Waals surface area contributed by atoms with Crippen molar-refractivity contribution in [2.24, 2.45) is 4.99 Å². The van der Waals surface area contributed by atoms with Gasteiger partial charge in [0.2, 0.25) is 0 Å². The standard InChI is InChI=1S/C27H22BrIN2O4S/c1-5-11-35-24-18(12-19(28)14-20(24)29)13-21-25(32)31-23(17-9-7-15(3)8-10-17)22(26(33)34-6-2)16(4)30-27(31)36-21/h1,7-10,12-14,23H,6,11H2,2-4H3/b21-13-/t23-/m0/s1. The maximum atomic E-state index is 13.8. The number of hydrogen-bond donors (Lipinski definition) is 0. The third kappa shape index (κ3) is 5.21. The van der Waals surface area contributed by atoms with E-state index in [4.69, 9.17) is 15.9 Å². The normalized spacial score (nSPS) is 15.2. The lowest BCUT2D eigenvalue weighted by Crippen LogP contribution is -2.39. The Bertz CT molecular complexity index is 1600. The van der Waals surface area contributed by atoms with E-state index in [2.05, 4.69) is 49.4 Å². The Morgan fingerprint density at radius 1 is 1.31 bits per heavy atom. The molecular formula is C27H22BrIN2O4S. The minimum absolute atomic E-state index is 0.106. The second kappa shape index (κ2) is 11.2. The van der Waals surface area contributed by atoms with Crippen molar-refractivity contribution in [1.29, 1.82) is 0 Å². The first-order valence-corrected chi connectivity index (χ1v) is 13.8. The van der Waals surface area contributed by atoms with Gasteiger partial charge >= 0.3 is 5.97 Å². The van der Waals surface area contributed by atoms with Gasteiger partial charge in [0.25, 0.3) is 5.56 Å². The van der Waals surface area contributed by atoms with Gasteiger partial charge in [-0.3, -0.25) is 9.36 Å². The van der Waals surface area contributed by atoms with E-state index < -0.39 is 12.0 Å². The largest absolute Gasteiger partial charge is 0.479 e. The van der Waals surface area contributed by atoms with Crippen LogP contribution in [0.25, 0.3) is 6.08 Å². The van der Waals surface area contributed by atoms with Crippen molar-refractivity contribution >= 4 is 61.9 Å². The molecule has 1 aliphatic rings. The molecule has 2 heterocycles. The Labute approximate surface area is 234 Å². The van der Waals surface area contributed by atoms with E-state index in [1.54, 1.807) is 24.5 Å². The summed E-state index contributed by atoms with van der Waals surface area (Å²) in [6.45, 7) is 5.84. The molecular weight excluding hydrogens is 655 g/mol. The van der Waals surface area contributed by atoms with Crippen molar-refractivity contribution in [3.63, 3.8) is 0 Å². The van der Waals surface area contributed by atoms with Gasteiger partial charge in [-0.1, -0.05) is 63.0 Å². The molecule has 0 saturated carbocycles. The molecule has 3 aromatic rings. The second-order valence-electron chi connectivity index (χ2n) is 8.01. The fourth-order valence-corrected chi connectivity index (χ4v) is 6.69. The van der Waals surface area contributed by atoms with Gasteiger partial charge in [0.15, 0.2) is 4.80 Å². The first-order chi connectivity index (χ1) is 17.2. The van der Waals surface area contributed by atoms with Crippen molar-refractivity contribution in [3.05, 3.63) is 92.1 Å². The Balaban J connectivity index is 1.96. The molecule has 0 N–H and O–H groups in total. The maximum absolute atomic E-state index is 13.8. The lowest BCUT2D eigenvalue weighted by Gasteiger charge is -2.24. The molecule has 0 spiro atoms. The molecule has 0 amide bonds. The SMILES string of the molecule is C#CCOc1c(I)cc(Br)cc1/C=c1\sc2n(c1=O)[C@@H](c1ccc(C)cc1)C(C(=O)OCC)=C(C)N=2. The fraction of sp³-hybridized carbons (Fsp3) is 0.222. The third-order valence-corrected chi connectivity index (χ3v) is 7.78. The number of aromatic nitrogens is 1. The van der Waals surface area contributed by atoms with Gasteiger partial charge in [-0.15, -0.1) is 6.42 Å². The Morgan fingerprint density at radius 3 is 2.69 bits per heavy atom. The lowest BCUT2D eigenvalue weighted by atomic mass is 9.95. The summed E-state index contributed by atoms with van der Waals surface area (Å²) in [6.07, 6.45) is 7.17. The summed E-state index contributed by atoms with van der Waals surface area (Å²) in [5.74, 6) is 2.60. The van der Waals surface area contributed by atoms with Crippen LogP contribution < -0.4 is 19.6 Å². The van der Waals surface area contributed by atoms with Crippen LogP contribution in [-0.4, -0.2) is 23.8 Å². The predicted molar refractivity (Wildman–Crippen MR) is 153 cm³/mol. The number of halogens is 2. The summed E-state index contributed by atoms with van der Waals surface area (Å²) < 4.78 is 14.9. The molecule has 0 fully saturated rings. The van der Waals surface area contributed by atoms with Gasteiger partial charge in [0.05, 0.1) is 32.0 Å². The van der Waals surface area contributed by atoms with Crippen molar-refractivity contribution < 1.29 is 14.3 Å². The summed E-state index contributed by atoms with van der Waals surface area (Å²) in [7, 11) is 0. The number of fused-ring (bicyclic) bond motifs is 1. The minimum Gasteiger partial charge on any atom is -0.479 e. The molecule has 9 heteroatoms. The monoisotopic (exact) mass is 676 g/mol. The van der Waals surface area contributed by atoms with E-state index in [1.165, 1.54) is 11.3 Å². The van der Waals surface area contributed by atoms with E-state index in [9.17, 15) is 9.59 Å². The average molecular weight is 677 g/mol. The van der Waals surface area contributed by atoms with Crippen molar-refractivity contribution in [2.45, 2.75) is 26.8 Å². The number of benzene rings is 2. The number of hydrogen-bond acceptors (Lipinski definition) is 6. The zero-order chi connectivity index (χ0) is 26.0. The molecule has 1 atom stereocenters. The zero-order valence-corrected chi connectivity index (χ0v) is 24.4. The molecule has 36 heavy (non-hydrogen) atoms. The molecule has 1 aliphatic heterocycles. The smallest absolute Gasteiger partial charge is 0.338 e. The number of rotatable bonds is 6. The van der Waals surface area contributed by atoms with Crippen molar-refractivity contribution in [2.75, 3.05) is 13.2 Å². The summed E-state index contributed by atoms with van der Waals surface area (Å²) in [5, 5.41) is 0. The molecule has 0 saturated heterocycles. The van der Waals surface area contributed by atoms with Crippen molar-refractivity contribution in [3.8, 4) is 18.1 Å². The highest BCUT2D eigenvalue weighted by Crippen LogP contribution is 2.32. The van der Waals surface area contributed by atoms with E-state index in [1.807, 2.05) is 43.3 Å². The van der Waals surface area contributed by atoms with Crippen LogP contribution in [0.5, 0.6) is 5.75 Å². The molecule has 6 nitrogen and oxygen atoms in total. The van der Waals surface area contributed by atoms with Crippen LogP contribution in [0.3, 0.4) is 0 Å². The summed E-state index contributed by atoms with van der Waals surface area (Å²) >= 11 is 6.95. The molecule has 4 rings (SSSR count). The van der Waals surface area contributed by atoms with Crippen LogP contribution in [0.1, 0.15) is 36.6 Å². The summed E-state index contributed by atoms with van der Waals surface area (Å²) in [4.78, 5) is 32.0. The molecule has 0 radical (unpaired) electrons. The molecule has 2 aromatic carbocycles. The van der Waals surface area contributed by atoms with Gasteiger partial charge in [0.1, 0.15) is 12.4 Å². The van der Waals surface area contributed by atoms with Crippen LogP contribution in [0.4, 0.5) is 0 Å². The number of terminal acetylenes is 1. The third-order valence-electron chi connectivity index (χ3n) is 5.53. The molecule has 0 unspecified atom stereocenters. The number of ether oxygens (including phenoxy) is 2. The highest BCUT2D eigenvalue weighted by Gasteiger charge is 2.33. The van der Waals surface area contributed by atoms with E-state index in [0.717, 1.165) is 19.2 Å². The first kappa shape index (κ1) is 26.4. The number of carbonyl (C=O) groups excluding carboxylic acids is 1. The van der Waals surface area contributed by atoms with Crippen molar-refractivity contribution in [1.82, 2.24) is 4.57 Å². The average Bonchev–Trinajstić information content (AvgIpc) is 3.12. The van der Waals surface area contributed by atoms with E-state index in [0.29, 0.717) is 31.9 Å². The Hall–Kier alpha value is -2.68. The van der Waals surface area contributed by atoms with Gasteiger partial charge in [0, 0.05) is 10.0 Å². The predicted octanol–water partition coefficient (Wildman–Crippen LogP) is 4.49. The topological polar surface area (TPSA) is 69.9 Å². The van der Waals surface area contributed by atoms with E-state index >= 15 is 0 Å². The number of esters is 1. The fourth-order valence-electron chi connectivity index (χ4n) is 3.95. The Morgan fingerprint density at radius 2 is 2.03 bits per heavy atom. The molecule has 0 bridgehead atoms. The van der Waals surface area contributed by atoms with Crippen LogP contribution in [0.2, 0.25) is 0 Å². The highest BCUT2D eigenvalue weighted by atomic mass is 127. The zero-order valence-electron chi connectivity index (χ0n) is 19.8. The maximum Gasteiger partial charge on any atom is 0.338 e. The quantitative estimate of drug-likeness (QED) is 0.219. The van der Waals surface area contributed by atoms with Gasteiger partial charge in [-0.05, 0) is 67.1 Å². The second-order valence-corrected chi connectivity index (χ2v) is 11.1. The van der Waals surface area contributed by atoms with Gasteiger partial charge < -0.3 is 9.47 Å². The van der Waals surface area contributed by atoms with Crippen LogP contribution in [0.15, 0.2) is 61.9 Å². The van der Waals surface area contributed by atoms with Crippen LogP contribution >= 0.6 is 49.9 Å². The van der Waals surface area contributed by atoms with Crippen LogP contribution in [0, 0.1) is 22.8 Å². The Kier molecular flexibility index (Phi) is 8.17. The number of thiazole rings is 1. The number of nitrogens with zero attached hydrogens (tertiary/aromatic N) is 2. The molecule has 0 aliphatic carbocycles. The van der Waals surface area contributed by atoms with Crippen LogP contribution in [-0.2, 0) is 9.53 Å².